The van der Waals surface area contributed by atoms with Crippen molar-refractivity contribution in [2.75, 3.05) is 11.9 Å². The Morgan fingerprint density at radius 1 is 1.41 bits per heavy atom. The number of hydrazine groups is 1. The van der Waals surface area contributed by atoms with E-state index in [1.54, 1.807) is 24.3 Å². The van der Waals surface area contributed by atoms with Crippen LogP contribution in [-0.4, -0.2) is 18.4 Å². The normalized spacial score (nSPS) is 18.9. The van der Waals surface area contributed by atoms with Gasteiger partial charge in [0.15, 0.2) is 0 Å². The van der Waals surface area contributed by atoms with Gasteiger partial charge < -0.3 is 5.32 Å². The molecule has 1 aromatic carbocycles. The third kappa shape index (κ3) is 3.18. The predicted molar refractivity (Wildman–Crippen MR) is 64.3 cm³/mol. The summed E-state index contributed by atoms with van der Waals surface area (Å²) in [5.41, 5.74) is 5.83. The van der Waals surface area contributed by atoms with Crippen LogP contribution in [0.3, 0.4) is 0 Å². The Morgan fingerprint density at radius 2 is 2.12 bits per heavy atom. The Labute approximate surface area is 103 Å². The minimum Gasteiger partial charge on any atom is -0.326 e. The first-order chi connectivity index (χ1) is 8.15. The minimum absolute atomic E-state index is 0.142. The molecule has 2 rings (SSSR count). The lowest BCUT2D eigenvalue weighted by Gasteiger charge is -2.07. The highest BCUT2D eigenvalue weighted by Gasteiger charge is 2.26. The summed E-state index contributed by atoms with van der Waals surface area (Å²) in [4.78, 5) is 22.9. The van der Waals surface area contributed by atoms with Crippen molar-refractivity contribution in [1.82, 2.24) is 10.9 Å². The fourth-order valence-electron chi connectivity index (χ4n) is 1.59. The number of halogens is 1. The Bertz CT molecular complexity index is 433. The van der Waals surface area contributed by atoms with Gasteiger partial charge in [-0.25, -0.2) is 5.43 Å². The Balaban J connectivity index is 1.88. The van der Waals surface area contributed by atoms with E-state index in [2.05, 4.69) is 16.2 Å². The molecule has 1 aliphatic heterocycles. The van der Waals surface area contributed by atoms with Crippen LogP contribution in [0, 0.1) is 5.92 Å². The van der Waals surface area contributed by atoms with E-state index in [1.807, 2.05) is 0 Å². The highest BCUT2D eigenvalue weighted by Crippen LogP contribution is 2.14. The molecule has 1 fully saturated rings. The van der Waals surface area contributed by atoms with Crippen molar-refractivity contribution < 1.29 is 9.59 Å². The molecule has 1 heterocycles. The number of nitrogens with one attached hydrogen (secondary N) is 3. The Kier molecular flexibility index (Phi) is 3.61. The maximum Gasteiger partial charge on any atom is 0.239 e. The molecule has 1 atom stereocenters. The predicted octanol–water partition coefficient (Wildman–Crippen LogP) is 0.919. The largest absolute Gasteiger partial charge is 0.326 e. The van der Waals surface area contributed by atoms with E-state index in [-0.39, 0.29) is 24.2 Å². The molecule has 17 heavy (non-hydrogen) atoms. The average molecular weight is 254 g/mol. The fourth-order valence-corrected chi connectivity index (χ4v) is 1.72. The number of carbonyl (C=O) groups excluding carboxylic acids is 2. The zero-order valence-corrected chi connectivity index (χ0v) is 9.75. The van der Waals surface area contributed by atoms with Gasteiger partial charge in [0, 0.05) is 23.7 Å². The molecule has 0 aliphatic carbocycles. The van der Waals surface area contributed by atoms with Crippen molar-refractivity contribution in [1.29, 1.82) is 0 Å². The van der Waals surface area contributed by atoms with Crippen molar-refractivity contribution in [3.8, 4) is 0 Å². The topological polar surface area (TPSA) is 70.2 Å². The van der Waals surface area contributed by atoms with Gasteiger partial charge in [-0.05, 0) is 24.3 Å². The molecule has 2 amide bonds. The van der Waals surface area contributed by atoms with Crippen LogP contribution in [-0.2, 0) is 9.59 Å². The maximum absolute atomic E-state index is 11.6. The molecule has 3 N–H and O–H groups in total. The number of hydrogen-bond donors (Lipinski definition) is 3. The summed E-state index contributed by atoms with van der Waals surface area (Å²) in [6.45, 7) is 0.479. The zero-order valence-electron chi connectivity index (χ0n) is 9.00. The second-order valence-corrected chi connectivity index (χ2v) is 4.26. The third-order valence-electron chi connectivity index (χ3n) is 2.49. The number of benzene rings is 1. The summed E-state index contributed by atoms with van der Waals surface area (Å²) in [5, 5.41) is 3.32. The van der Waals surface area contributed by atoms with Crippen LogP contribution < -0.4 is 16.2 Å². The van der Waals surface area contributed by atoms with Crippen LogP contribution in [0.4, 0.5) is 5.69 Å². The molecule has 90 valence electrons. The van der Waals surface area contributed by atoms with Gasteiger partial charge in [0.1, 0.15) is 0 Å². The lowest BCUT2D eigenvalue weighted by atomic mass is 10.1. The molecular weight excluding hydrogens is 242 g/mol. The second kappa shape index (κ2) is 5.16. The lowest BCUT2D eigenvalue weighted by Crippen LogP contribution is -2.27. The quantitative estimate of drug-likeness (QED) is 0.750. The summed E-state index contributed by atoms with van der Waals surface area (Å²) in [5.74, 6) is -0.630. The zero-order chi connectivity index (χ0) is 12.3. The number of carbonyl (C=O) groups is 2. The molecule has 6 heteroatoms. The number of rotatable bonds is 3. The monoisotopic (exact) mass is 253 g/mol. The van der Waals surface area contributed by atoms with E-state index in [4.69, 9.17) is 11.6 Å². The first-order valence-corrected chi connectivity index (χ1v) is 5.61. The van der Waals surface area contributed by atoms with Gasteiger partial charge in [0.2, 0.25) is 11.8 Å². The van der Waals surface area contributed by atoms with Crippen molar-refractivity contribution in [3.05, 3.63) is 29.3 Å². The van der Waals surface area contributed by atoms with E-state index in [1.165, 1.54) is 0 Å². The molecule has 1 saturated heterocycles. The third-order valence-corrected chi connectivity index (χ3v) is 2.74. The molecule has 1 aliphatic rings. The van der Waals surface area contributed by atoms with Crippen LogP contribution in [0.15, 0.2) is 24.3 Å². The van der Waals surface area contributed by atoms with E-state index in [0.29, 0.717) is 17.3 Å². The molecule has 0 aromatic heterocycles. The second-order valence-electron chi connectivity index (χ2n) is 3.83. The minimum atomic E-state index is -0.303. The van der Waals surface area contributed by atoms with Gasteiger partial charge in [0.25, 0.3) is 0 Å². The van der Waals surface area contributed by atoms with E-state index in [0.717, 1.165) is 0 Å². The first kappa shape index (κ1) is 11.9. The van der Waals surface area contributed by atoms with Gasteiger partial charge in [0.05, 0.1) is 5.92 Å². The molecule has 0 radical (unpaired) electrons. The van der Waals surface area contributed by atoms with Crippen molar-refractivity contribution in [2.24, 2.45) is 5.92 Å². The summed E-state index contributed by atoms with van der Waals surface area (Å²) in [7, 11) is 0. The standard InChI is InChI=1S/C11H12ClN3O2/c12-8-1-3-9(4-2-8)14-10(16)5-7-6-13-15-11(7)17/h1-4,7,13H,5-6H2,(H,14,16)(H,15,17). The summed E-state index contributed by atoms with van der Waals surface area (Å²) in [6.07, 6.45) is 0.168. The molecular formula is C11H12ClN3O2. The molecule has 1 unspecified atom stereocenters. The van der Waals surface area contributed by atoms with Gasteiger partial charge in [-0.15, -0.1) is 0 Å². The Hall–Kier alpha value is -1.59. The van der Waals surface area contributed by atoms with Gasteiger partial charge in [-0.2, -0.15) is 0 Å². The van der Waals surface area contributed by atoms with E-state index < -0.39 is 0 Å². The average Bonchev–Trinajstić information content (AvgIpc) is 2.68. The summed E-state index contributed by atoms with van der Waals surface area (Å²) < 4.78 is 0. The molecule has 5 nitrogen and oxygen atoms in total. The highest BCUT2D eigenvalue weighted by atomic mass is 35.5. The molecule has 0 saturated carbocycles. The van der Waals surface area contributed by atoms with E-state index >= 15 is 0 Å². The lowest BCUT2D eigenvalue weighted by molar-refractivity contribution is -0.126. The first-order valence-electron chi connectivity index (χ1n) is 5.23. The summed E-state index contributed by atoms with van der Waals surface area (Å²) >= 11 is 5.73. The van der Waals surface area contributed by atoms with Crippen LogP contribution in [0.2, 0.25) is 5.02 Å². The van der Waals surface area contributed by atoms with E-state index in [9.17, 15) is 9.59 Å². The van der Waals surface area contributed by atoms with Gasteiger partial charge in [-0.3, -0.25) is 15.0 Å². The fraction of sp³-hybridized carbons (Fsp3) is 0.273. The molecule has 0 bridgehead atoms. The number of hydrogen-bond acceptors (Lipinski definition) is 3. The Morgan fingerprint density at radius 3 is 2.71 bits per heavy atom. The highest BCUT2D eigenvalue weighted by molar-refractivity contribution is 6.30. The summed E-state index contributed by atoms with van der Waals surface area (Å²) in [6, 6.07) is 6.82. The van der Waals surface area contributed by atoms with Crippen LogP contribution >= 0.6 is 11.6 Å². The van der Waals surface area contributed by atoms with Crippen LogP contribution in [0.5, 0.6) is 0 Å². The van der Waals surface area contributed by atoms with Gasteiger partial charge >= 0.3 is 0 Å². The van der Waals surface area contributed by atoms with Crippen molar-refractivity contribution >= 4 is 29.1 Å². The van der Waals surface area contributed by atoms with Crippen molar-refractivity contribution in [2.45, 2.75) is 6.42 Å². The SMILES string of the molecule is O=C(CC1CNNC1=O)Nc1ccc(Cl)cc1. The smallest absolute Gasteiger partial charge is 0.239 e. The van der Waals surface area contributed by atoms with Crippen LogP contribution in [0.25, 0.3) is 0 Å². The number of anilines is 1. The number of amides is 2. The molecule has 1 aromatic rings. The molecule has 0 spiro atoms. The van der Waals surface area contributed by atoms with Crippen LogP contribution in [0.1, 0.15) is 6.42 Å². The van der Waals surface area contributed by atoms with Gasteiger partial charge in [-0.1, -0.05) is 11.6 Å². The van der Waals surface area contributed by atoms with Crippen molar-refractivity contribution in [3.63, 3.8) is 0 Å². The maximum atomic E-state index is 11.6.